The number of esters is 1. The number of aromatic amines is 1. The fourth-order valence-corrected chi connectivity index (χ4v) is 3.49. The summed E-state index contributed by atoms with van der Waals surface area (Å²) in [7, 11) is 1.27. The molecule has 0 bridgehead atoms. The number of phenols is 1. The van der Waals surface area contributed by atoms with Crippen molar-refractivity contribution in [3.05, 3.63) is 114 Å². The van der Waals surface area contributed by atoms with Gasteiger partial charge >= 0.3 is 12.1 Å². The molecule has 0 spiro atoms. The molecule has 4 aromatic carbocycles. The molecule has 0 saturated heterocycles. The van der Waals surface area contributed by atoms with Crippen molar-refractivity contribution in [1.82, 2.24) is 9.97 Å². The van der Waals surface area contributed by atoms with Gasteiger partial charge in [0.25, 0.3) is 0 Å². The number of nitrogen functional groups attached to an aromatic ring is 1. The van der Waals surface area contributed by atoms with Crippen LogP contribution in [0.4, 0.5) is 16.4 Å². The Morgan fingerprint density at radius 3 is 2.23 bits per heavy atom. The van der Waals surface area contributed by atoms with E-state index < -0.39 is 12.1 Å². The van der Waals surface area contributed by atoms with Crippen molar-refractivity contribution in [3.8, 4) is 11.5 Å². The Bertz CT molecular complexity index is 1620. The molecule has 10 nitrogen and oxygen atoms in total. The molecule has 0 fully saturated rings. The standard InChI is InChI=1S/C16H13N3O3.C13H11NO3/c1-22-16(21)19-15-17-12-8-7-11(9-13(12)18-15)14(20)10-5-3-2-4-6-10;14-9-6-7-11(12(15)8-9)13(16)17-10-4-2-1-3-5-10/h2-9H,1H3,(H2,17,18,19,21);1-8,15H,14H2. The molecular weight excluding hydrogens is 500 g/mol. The lowest BCUT2D eigenvalue weighted by Gasteiger charge is -2.06. The molecule has 0 radical (unpaired) electrons. The van der Waals surface area contributed by atoms with E-state index in [9.17, 15) is 19.5 Å². The number of hydrogen-bond donors (Lipinski definition) is 4. The number of amides is 1. The first-order valence-electron chi connectivity index (χ1n) is 11.6. The molecular formula is C29H24N4O6. The number of nitrogens with zero attached hydrogens (tertiary/aromatic N) is 1. The molecule has 0 atom stereocenters. The van der Waals surface area contributed by atoms with Crippen LogP contribution in [-0.4, -0.2) is 40.0 Å². The van der Waals surface area contributed by atoms with Crippen molar-refractivity contribution in [3.63, 3.8) is 0 Å². The molecule has 10 heteroatoms. The summed E-state index contributed by atoms with van der Waals surface area (Å²) in [6.45, 7) is 0. The molecule has 5 N–H and O–H groups in total. The fourth-order valence-electron chi connectivity index (χ4n) is 3.49. The van der Waals surface area contributed by atoms with Gasteiger partial charge in [0, 0.05) is 22.9 Å². The van der Waals surface area contributed by atoms with Gasteiger partial charge in [-0.05, 0) is 42.5 Å². The van der Waals surface area contributed by atoms with Gasteiger partial charge in [-0.25, -0.2) is 14.6 Å². The Balaban J connectivity index is 0.000000187. The highest BCUT2D eigenvalue weighted by Crippen LogP contribution is 2.22. The van der Waals surface area contributed by atoms with E-state index in [-0.39, 0.29) is 23.0 Å². The number of nitrogens with two attached hydrogens (primary N) is 1. The van der Waals surface area contributed by atoms with Crippen LogP contribution in [0, 0.1) is 0 Å². The van der Waals surface area contributed by atoms with Crippen molar-refractivity contribution >= 4 is 40.5 Å². The first kappa shape index (κ1) is 26.4. The topological polar surface area (TPSA) is 157 Å². The number of ketones is 1. The van der Waals surface area contributed by atoms with Crippen molar-refractivity contribution in [1.29, 1.82) is 0 Å². The number of phenolic OH excluding ortho intramolecular Hbond substituents is 1. The number of carbonyl (C=O) groups excluding carboxylic acids is 3. The summed E-state index contributed by atoms with van der Waals surface area (Å²) >= 11 is 0. The normalized spacial score (nSPS) is 10.2. The third kappa shape index (κ3) is 6.77. The van der Waals surface area contributed by atoms with Gasteiger partial charge < -0.3 is 25.3 Å². The molecule has 0 aliphatic heterocycles. The van der Waals surface area contributed by atoms with Gasteiger partial charge in [0.05, 0.1) is 18.1 Å². The highest BCUT2D eigenvalue weighted by molar-refractivity contribution is 6.10. The molecule has 0 unspecified atom stereocenters. The van der Waals surface area contributed by atoms with E-state index >= 15 is 0 Å². The van der Waals surface area contributed by atoms with E-state index in [2.05, 4.69) is 20.0 Å². The van der Waals surface area contributed by atoms with Gasteiger partial charge in [-0.3, -0.25) is 10.1 Å². The summed E-state index contributed by atoms with van der Waals surface area (Å²) < 4.78 is 9.59. The quantitative estimate of drug-likeness (QED) is 0.106. The number of aromatic hydroxyl groups is 1. The number of anilines is 2. The molecule has 5 rings (SSSR count). The van der Waals surface area contributed by atoms with Gasteiger partial charge in [-0.1, -0.05) is 48.5 Å². The lowest BCUT2D eigenvalue weighted by molar-refractivity contribution is 0.0731. The molecule has 0 saturated carbocycles. The van der Waals surface area contributed by atoms with Gasteiger partial charge in [-0.15, -0.1) is 0 Å². The Morgan fingerprint density at radius 2 is 1.56 bits per heavy atom. The van der Waals surface area contributed by atoms with Crippen LogP contribution < -0.4 is 15.8 Å². The fraction of sp³-hybridized carbons (Fsp3) is 0.0345. The van der Waals surface area contributed by atoms with Gasteiger partial charge in [0.15, 0.2) is 5.78 Å². The summed E-state index contributed by atoms with van der Waals surface area (Å²) in [5.74, 6) is -0.181. The minimum atomic E-state index is -0.617. The van der Waals surface area contributed by atoms with Crippen LogP contribution >= 0.6 is 0 Å². The second kappa shape index (κ2) is 12.1. The first-order valence-corrected chi connectivity index (χ1v) is 11.6. The zero-order valence-corrected chi connectivity index (χ0v) is 20.8. The van der Waals surface area contributed by atoms with E-state index in [0.717, 1.165) is 0 Å². The lowest BCUT2D eigenvalue weighted by atomic mass is 10.0. The van der Waals surface area contributed by atoms with Crippen LogP contribution in [0.15, 0.2) is 97.1 Å². The predicted molar refractivity (Wildman–Crippen MR) is 146 cm³/mol. The van der Waals surface area contributed by atoms with Crippen LogP contribution in [0.5, 0.6) is 11.5 Å². The van der Waals surface area contributed by atoms with Crippen LogP contribution in [0.1, 0.15) is 26.3 Å². The average molecular weight is 525 g/mol. The number of carbonyl (C=O) groups is 3. The zero-order chi connectivity index (χ0) is 27.8. The van der Waals surface area contributed by atoms with Gasteiger partial charge in [-0.2, -0.15) is 0 Å². The minimum Gasteiger partial charge on any atom is -0.507 e. The second-order valence-corrected chi connectivity index (χ2v) is 8.11. The number of ether oxygens (including phenoxy) is 2. The third-order valence-electron chi connectivity index (χ3n) is 5.38. The molecule has 0 aliphatic carbocycles. The number of nitrogens with one attached hydrogen (secondary N) is 2. The summed E-state index contributed by atoms with van der Waals surface area (Å²) in [4.78, 5) is 42.4. The van der Waals surface area contributed by atoms with Crippen LogP contribution in [0.25, 0.3) is 11.0 Å². The smallest absolute Gasteiger partial charge is 0.413 e. The molecule has 1 amide bonds. The Labute approximate surface area is 223 Å². The van der Waals surface area contributed by atoms with E-state index in [1.165, 1.54) is 25.3 Å². The maximum absolute atomic E-state index is 12.4. The third-order valence-corrected chi connectivity index (χ3v) is 5.38. The number of fused-ring (bicyclic) bond motifs is 1. The number of aromatic nitrogens is 2. The average Bonchev–Trinajstić information content (AvgIpc) is 3.35. The van der Waals surface area contributed by atoms with Crippen LogP contribution in [0.2, 0.25) is 0 Å². The molecule has 39 heavy (non-hydrogen) atoms. The minimum absolute atomic E-state index is 0.0698. The van der Waals surface area contributed by atoms with E-state index in [1.54, 1.807) is 54.6 Å². The molecule has 0 aliphatic rings. The summed E-state index contributed by atoms with van der Waals surface area (Å²) in [6, 6.07) is 27.1. The lowest BCUT2D eigenvalue weighted by Crippen LogP contribution is -2.11. The number of para-hydroxylation sites is 1. The number of rotatable bonds is 5. The van der Waals surface area contributed by atoms with Crippen LogP contribution in [-0.2, 0) is 4.74 Å². The summed E-state index contributed by atoms with van der Waals surface area (Å²) in [6.07, 6.45) is -0.611. The largest absolute Gasteiger partial charge is 0.507 e. The second-order valence-electron chi connectivity index (χ2n) is 8.11. The number of H-pyrrole nitrogens is 1. The highest BCUT2D eigenvalue weighted by Gasteiger charge is 2.14. The van der Waals surface area contributed by atoms with Crippen molar-refractivity contribution in [2.24, 2.45) is 0 Å². The van der Waals surface area contributed by atoms with E-state index in [1.807, 2.05) is 24.3 Å². The summed E-state index contributed by atoms with van der Waals surface area (Å²) in [5.41, 5.74) is 8.42. The van der Waals surface area contributed by atoms with Crippen molar-refractivity contribution in [2.45, 2.75) is 0 Å². The van der Waals surface area contributed by atoms with E-state index in [0.29, 0.717) is 33.6 Å². The maximum atomic E-state index is 12.4. The number of imidazole rings is 1. The maximum Gasteiger partial charge on any atom is 0.413 e. The molecule has 5 aromatic rings. The Hall–Kier alpha value is -5.64. The number of methoxy groups -OCH3 is 1. The van der Waals surface area contributed by atoms with Gasteiger partial charge in [0.1, 0.15) is 17.1 Å². The molecule has 196 valence electrons. The number of benzene rings is 4. The SMILES string of the molecule is COC(=O)Nc1nc2ccc(C(=O)c3ccccc3)cc2[nH]1.Nc1ccc(C(=O)Oc2ccccc2)c(O)c1. The van der Waals surface area contributed by atoms with E-state index in [4.69, 9.17) is 10.5 Å². The Kier molecular flexibility index (Phi) is 8.17. The van der Waals surface area contributed by atoms with Crippen molar-refractivity contribution < 1.29 is 29.0 Å². The summed E-state index contributed by atoms with van der Waals surface area (Å²) in [5, 5.41) is 12.0. The number of hydrogen-bond acceptors (Lipinski definition) is 8. The predicted octanol–water partition coefficient (Wildman–Crippen LogP) is 5.17. The molecule has 1 aromatic heterocycles. The Morgan fingerprint density at radius 1 is 0.872 bits per heavy atom. The highest BCUT2D eigenvalue weighted by atomic mass is 16.5. The van der Waals surface area contributed by atoms with Crippen LogP contribution in [0.3, 0.4) is 0 Å². The first-order chi connectivity index (χ1) is 18.8. The zero-order valence-electron chi connectivity index (χ0n) is 20.8. The van der Waals surface area contributed by atoms with Crippen molar-refractivity contribution in [2.75, 3.05) is 18.2 Å². The molecule has 1 heterocycles. The monoisotopic (exact) mass is 524 g/mol. The van der Waals surface area contributed by atoms with Gasteiger partial charge in [0.2, 0.25) is 5.95 Å².